The number of fused-ring (bicyclic) bond motifs is 1. The number of hydrogen-bond donors (Lipinski definition) is 1. The molecule has 0 aliphatic rings. The van der Waals surface area contributed by atoms with Crippen molar-refractivity contribution < 1.29 is 9.13 Å². The lowest BCUT2D eigenvalue weighted by Crippen LogP contribution is -2.03. The van der Waals surface area contributed by atoms with Crippen molar-refractivity contribution in [3.8, 4) is 11.4 Å². The van der Waals surface area contributed by atoms with Crippen LogP contribution < -0.4 is 10.5 Å². The van der Waals surface area contributed by atoms with E-state index in [2.05, 4.69) is 4.98 Å². The Morgan fingerprint density at radius 1 is 1.24 bits per heavy atom. The van der Waals surface area contributed by atoms with E-state index in [0.717, 1.165) is 0 Å². The highest BCUT2D eigenvalue weighted by Gasteiger charge is 2.16. The standard InChI is InChI=1S/C14H10Cl2FN3O/c1-21-13-3-2-7(15)4-12(13)20-11-6-9(17)8(16)5-10(11)19-14(20)18/h2-6H,1H3,(H2,18,19). The minimum absolute atomic E-state index is 0.00907. The quantitative estimate of drug-likeness (QED) is 0.772. The smallest absolute Gasteiger partial charge is 0.206 e. The zero-order valence-corrected chi connectivity index (χ0v) is 12.4. The first-order valence-corrected chi connectivity index (χ1v) is 6.73. The average molecular weight is 326 g/mol. The summed E-state index contributed by atoms with van der Waals surface area (Å²) in [6, 6.07) is 7.77. The Morgan fingerprint density at radius 2 is 2.00 bits per heavy atom. The van der Waals surface area contributed by atoms with Crippen LogP contribution in [0.3, 0.4) is 0 Å². The van der Waals surface area contributed by atoms with E-state index in [4.69, 9.17) is 33.7 Å². The first-order valence-electron chi connectivity index (χ1n) is 5.98. The molecule has 0 radical (unpaired) electrons. The maximum Gasteiger partial charge on any atom is 0.206 e. The third-order valence-corrected chi connectivity index (χ3v) is 3.63. The van der Waals surface area contributed by atoms with Gasteiger partial charge in [-0.3, -0.25) is 4.57 Å². The molecule has 4 nitrogen and oxygen atoms in total. The van der Waals surface area contributed by atoms with E-state index in [0.29, 0.717) is 27.5 Å². The predicted molar refractivity (Wildman–Crippen MR) is 82.0 cm³/mol. The predicted octanol–water partition coefficient (Wildman–Crippen LogP) is 4.06. The van der Waals surface area contributed by atoms with Crippen molar-refractivity contribution in [2.24, 2.45) is 0 Å². The van der Waals surface area contributed by atoms with E-state index in [1.165, 1.54) is 19.2 Å². The fourth-order valence-electron chi connectivity index (χ4n) is 2.18. The number of imidazole rings is 1. The second-order valence-corrected chi connectivity index (χ2v) is 5.22. The van der Waals surface area contributed by atoms with E-state index < -0.39 is 5.82 Å². The lowest BCUT2D eigenvalue weighted by Gasteiger charge is -2.12. The van der Waals surface area contributed by atoms with Gasteiger partial charge in [-0.15, -0.1) is 0 Å². The van der Waals surface area contributed by atoms with E-state index in [-0.39, 0.29) is 11.0 Å². The largest absolute Gasteiger partial charge is 0.495 e. The van der Waals surface area contributed by atoms with Gasteiger partial charge in [-0.1, -0.05) is 23.2 Å². The Morgan fingerprint density at radius 3 is 2.71 bits per heavy atom. The van der Waals surface area contributed by atoms with Gasteiger partial charge in [0.1, 0.15) is 11.6 Å². The molecule has 2 aromatic carbocycles. The molecule has 0 bridgehead atoms. The summed E-state index contributed by atoms with van der Waals surface area (Å²) in [5, 5.41) is 0.492. The summed E-state index contributed by atoms with van der Waals surface area (Å²) in [5.41, 5.74) is 7.49. The summed E-state index contributed by atoms with van der Waals surface area (Å²) >= 11 is 11.8. The molecule has 0 unspecified atom stereocenters. The van der Waals surface area contributed by atoms with E-state index in [1.54, 1.807) is 22.8 Å². The van der Waals surface area contributed by atoms with Crippen LogP contribution >= 0.6 is 23.2 Å². The number of anilines is 1. The molecule has 0 spiro atoms. The van der Waals surface area contributed by atoms with Crippen LogP contribution in [0.5, 0.6) is 5.75 Å². The topological polar surface area (TPSA) is 53.1 Å². The summed E-state index contributed by atoms with van der Waals surface area (Å²) < 4.78 is 20.6. The molecule has 0 aliphatic carbocycles. The van der Waals surface area contributed by atoms with E-state index >= 15 is 0 Å². The van der Waals surface area contributed by atoms with Gasteiger partial charge in [0.05, 0.1) is 28.9 Å². The number of ether oxygens (including phenoxy) is 1. The number of halogens is 3. The molecule has 3 rings (SSSR count). The van der Waals surface area contributed by atoms with Crippen molar-refractivity contribution in [1.29, 1.82) is 0 Å². The zero-order chi connectivity index (χ0) is 15.1. The molecule has 1 heterocycles. The van der Waals surface area contributed by atoms with Crippen LogP contribution in [0.15, 0.2) is 30.3 Å². The Hall–Kier alpha value is -1.98. The number of rotatable bonds is 2. The van der Waals surface area contributed by atoms with Gasteiger partial charge in [0.25, 0.3) is 0 Å². The van der Waals surface area contributed by atoms with Crippen molar-refractivity contribution >= 4 is 40.2 Å². The molecule has 21 heavy (non-hydrogen) atoms. The van der Waals surface area contributed by atoms with Gasteiger partial charge >= 0.3 is 0 Å². The summed E-state index contributed by atoms with van der Waals surface area (Å²) in [6.07, 6.45) is 0. The highest BCUT2D eigenvalue weighted by atomic mass is 35.5. The van der Waals surface area contributed by atoms with Gasteiger partial charge in [-0.05, 0) is 24.3 Å². The Balaban J connectivity index is 2.37. The van der Waals surface area contributed by atoms with Gasteiger partial charge in [0, 0.05) is 11.1 Å². The molecule has 3 aromatic rings. The van der Waals surface area contributed by atoms with Crippen LogP contribution in [0, 0.1) is 5.82 Å². The second-order valence-electron chi connectivity index (χ2n) is 4.38. The fourth-order valence-corrected chi connectivity index (χ4v) is 2.51. The SMILES string of the molecule is COc1ccc(Cl)cc1-n1c(N)nc2cc(Cl)c(F)cc21. The van der Waals surface area contributed by atoms with Gasteiger partial charge in [0.15, 0.2) is 0 Å². The second kappa shape index (κ2) is 5.09. The number of nitrogens with two attached hydrogens (primary N) is 1. The number of nitrogens with zero attached hydrogens (tertiary/aromatic N) is 2. The summed E-state index contributed by atoms with van der Waals surface area (Å²) in [7, 11) is 1.53. The lowest BCUT2D eigenvalue weighted by molar-refractivity contribution is 0.413. The third kappa shape index (κ3) is 2.28. The first-order chi connectivity index (χ1) is 10.0. The van der Waals surface area contributed by atoms with Crippen molar-refractivity contribution in [3.63, 3.8) is 0 Å². The first kappa shape index (κ1) is 14.0. The van der Waals surface area contributed by atoms with Crippen LogP contribution in [0.25, 0.3) is 16.7 Å². The monoisotopic (exact) mass is 325 g/mol. The number of benzene rings is 2. The maximum atomic E-state index is 13.7. The molecular weight excluding hydrogens is 316 g/mol. The van der Waals surface area contributed by atoms with Crippen LogP contribution in [0.1, 0.15) is 0 Å². The fraction of sp³-hybridized carbons (Fsp3) is 0.0714. The summed E-state index contributed by atoms with van der Waals surface area (Å²) in [5.74, 6) is 0.180. The molecule has 1 aromatic heterocycles. The number of nitrogen functional groups attached to an aromatic ring is 1. The third-order valence-electron chi connectivity index (χ3n) is 3.10. The Bertz CT molecular complexity index is 848. The minimum atomic E-state index is -0.550. The lowest BCUT2D eigenvalue weighted by atomic mass is 10.2. The minimum Gasteiger partial charge on any atom is -0.495 e. The number of aromatic nitrogens is 2. The van der Waals surface area contributed by atoms with Crippen LogP contribution in [-0.2, 0) is 0 Å². The number of methoxy groups -OCH3 is 1. The van der Waals surface area contributed by atoms with Crippen molar-refractivity contribution in [1.82, 2.24) is 9.55 Å². The van der Waals surface area contributed by atoms with E-state index in [9.17, 15) is 4.39 Å². The van der Waals surface area contributed by atoms with Crippen molar-refractivity contribution in [2.75, 3.05) is 12.8 Å². The molecule has 0 atom stereocenters. The molecule has 7 heteroatoms. The van der Waals surface area contributed by atoms with Crippen LogP contribution in [0.2, 0.25) is 10.0 Å². The average Bonchev–Trinajstić information content (AvgIpc) is 2.74. The van der Waals surface area contributed by atoms with Crippen molar-refractivity contribution in [2.45, 2.75) is 0 Å². The summed E-state index contributed by atoms with van der Waals surface area (Å²) in [6.45, 7) is 0. The molecule has 0 saturated carbocycles. The Kier molecular flexibility index (Phi) is 3.39. The molecular formula is C14H10Cl2FN3O. The Labute approximate surface area is 129 Å². The molecule has 0 amide bonds. The van der Waals surface area contributed by atoms with Gasteiger partial charge in [-0.25, -0.2) is 9.37 Å². The number of hydrogen-bond acceptors (Lipinski definition) is 3. The molecule has 108 valence electrons. The zero-order valence-electron chi connectivity index (χ0n) is 10.9. The van der Waals surface area contributed by atoms with Gasteiger partial charge in [-0.2, -0.15) is 0 Å². The highest BCUT2D eigenvalue weighted by Crippen LogP contribution is 2.33. The normalized spacial score (nSPS) is 11.0. The van der Waals surface area contributed by atoms with Crippen LogP contribution in [-0.4, -0.2) is 16.7 Å². The molecule has 0 saturated heterocycles. The van der Waals surface area contributed by atoms with Crippen molar-refractivity contribution in [3.05, 3.63) is 46.2 Å². The van der Waals surface area contributed by atoms with Gasteiger partial charge < -0.3 is 10.5 Å². The van der Waals surface area contributed by atoms with E-state index in [1.807, 2.05) is 0 Å². The molecule has 0 fully saturated rings. The van der Waals surface area contributed by atoms with Crippen LogP contribution in [0.4, 0.5) is 10.3 Å². The molecule has 2 N–H and O–H groups in total. The maximum absolute atomic E-state index is 13.7. The van der Waals surface area contributed by atoms with Gasteiger partial charge in [0.2, 0.25) is 5.95 Å². The molecule has 0 aliphatic heterocycles. The summed E-state index contributed by atoms with van der Waals surface area (Å²) in [4.78, 5) is 4.19. The highest BCUT2D eigenvalue weighted by molar-refractivity contribution is 6.31.